The maximum Gasteiger partial charge on any atom is 0.411 e. The van der Waals surface area contributed by atoms with E-state index in [1.807, 2.05) is 24.3 Å². The maximum absolute atomic E-state index is 11.2. The van der Waals surface area contributed by atoms with Gasteiger partial charge in [-0.2, -0.15) is 0 Å². The predicted molar refractivity (Wildman–Crippen MR) is 118 cm³/mol. The van der Waals surface area contributed by atoms with E-state index in [1.165, 1.54) is 7.11 Å². The van der Waals surface area contributed by atoms with Gasteiger partial charge in [-0.1, -0.05) is 12.1 Å². The Morgan fingerprint density at radius 2 is 2.00 bits per heavy atom. The standard InChI is InChI=1S/C19H28N4O4.HI/c1-20-18(23-9-11-27-17(13-23)16-4-3-10-26-16)21-12-14-5-7-15(8-6-14)22-19(24)25-2;/h5-8,16-17H,3-4,9-13H2,1-2H3,(H,20,21)(H,22,24);1H. The molecule has 1 aromatic rings. The first-order chi connectivity index (χ1) is 13.2. The van der Waals surface area contributed by atoms with Crippen LogP contribution >= 0.6 is 24.0 Å². The number of carbonyl (C=O) groups is 1. The van der Waals surface area contributed by atoms with Crippen molar-refractivity contribution in [2.75, 3.05) is 45.8 Å². The van der Waals surface area contributed by atoms with Crippen LogP contribution in [0, 0.1) is 0 Å². The number of guanidine groups is 1. The van der Waals surface area contributed by atoms with E-state index in [-0.39, 0.29) is 36.2 Å². The van der Waals surface area contributed by atoms with Crippen LogP contribution in [0.15, 0.2) is 29.3 Å². The lowest BCUT2D eigenvalue weighted by Gasteiger charge is -2.37. The molecule has 0 bridgehead atoms. The summed E-state index contributed by atoms with van der Waals surface area (Å²) in [5.74, 6) is 0.859. The fraction of sp³-hybridized carbons (Fsp3) is 0.579. The molecule has 2 heterocycles. The molecule has 156 valence electrons. The van der Waals surface area contributed by atoms with Gasteiger partial charge in [0.1, 0.15) is 6.10 Å². The number of hydrogen-bond acceptors (Lipinski definition) is 5. The number of anilines is 1. The van der Waals surface area contributed by atoms with Gasteiger partial charge in [-0.25, -0.2) is 4.79 Å². The minimum absolute atomic E-state index is 0. The first-order valence-electron chi connectivity index (χ1n) is 9.32. The Kier molecular flexibility index (Phi) is 9.26. The maximum atomic E-state index is 11.2. The average molecular weight is 504 g/mol. The summed E-state index contributed by atoms with van der Waals surface area (Å²) < 4.78 is 16.3. The lowest BCUT2D eigenvalue weighted by Crippen LogP contribution is -2.53. The average Bonchev–Trinajstić information content (AvgIpc) is 3.25. The Labute approximate surface area is 183 Å². The van der Waals surface area contributed by atoms with Crippen molar-refractivity contribution >= 4 is 41.7 Å². The molecule has 2 atom stereocenters. The zero-order chi connectivity index (χ0) is 19.1. The molecule has 0 aliphatic carbocycles. The summed E-state index contributed by atoms with van der Waals surface area (Å²) in [6.45, 7) is 3.75. The van der Waals surface area contributed by atoms with E-state index in [1.54, 1.807) is 7.05 Å². The van der Waals surface area contributed by atoms with E-state index in [4.69, 9.17) is 9.47 Å². The van der Waals surface area contributed by atoms with Gasteiger partial charge in [-0.05, 0) is 30.5 Å². The molecule has 1 amide bonds. The lowest BCUT2D eigenvalue weighted by atomic mass is 10.1. The number of hydrogen-bond donors (Lipinski definition) is 2. The van der Waals surface area contributed by atoms with Crippen molar-refractivity contribution in [3.05, 3.63) is 29.8 Å². The summed E-state index contributed by atoms with van der Waals surface area (Å²) in [6, 6.07) is 7.61. The van der Waals surface area contributed by atoms with Gasteiger partial charge in [-0.3, -0.25) is 10.3 Å². The zero-order valence-corrected chi connectivity index (χ0v) is 18.7. The molecule has 0 saturated carbocycles. The molecule has 9 heteroatoms. The molecule has 2 fully saturated rings. The van der Waals surface area contributed by atoms with Gasteiger partial charge in [0.25, 0.3) is 0 Å². The van der Waals surface area contributed by atoms with Gasteiger partial charge in [0.05, 0.1) is 19.8 Å². The van der Waals surface area contributed by atoms with Gasteiger partial charge in [0.15, 0.2) is 5.96 Å². The highest BCUT2D eigenvalue weighted by Gasteiger charge is 2.32. The SMILES string of the molecule is CN=C(NCc1ccc(NC(=O)OC)cc1)N1CCOC(C2CCCO2)C1.I. The van der Waals surface area contributed by atoms with Crippen molar-refractivity contribution in [2.24, 2.45) is 4.99 Å². The Morgan fingerprint density at radius 3 is 2.64 bits per heavy atom. The molecular weight excluding hydrogens is 475 g/mol. The van der Waals surface area contributed by atoms with Crippen molar-refractivity contribution in [2.45, 2.75) is 31.6 Å². The molecule has 2 N–H and O–H groups in total. The Hall–Kier alpha value is -1.59. The largest absolute Gasteiger partial charge is 0.453 e. The number of morpholine rings is 1. The van der Waals surface area contributed by atoms with E-state index in [2.05, 4.69) is 25.3 Å². The summed E-state index contributed by atoms with van der Waals surface area (Å²) in [5, 5.41) is 6.04. The third kappa shape index (κ3) is 6.21. The molecule has 2 saturated heterocycles. The smallest absolute Gasteiger partial charge is 0.411 e. The molecule has 2 aliphatic heterocycles. The monoisotopic (exact) mass is 504 g/mol. The van der Waals surface area contributed by atoms with Crippen LogP contribution in [0.2, 0.25) is 0 Å². The van der Waals surface area contributed by atoms with Gasteiger partial charge in [-0.15, -0.1) is 24.0 Å². The predicted octanol–water partition coefficient (Wildman–Crippen LogP) is 2.44. The molecule has 0 radical (unpaired) electrons. The third-order valence-corrected chi connectivity index (χ3v) is 4.82. The number of carbonyl (C=O) groups excluding carboxylic acids is 1. The van der Waals surface area contributed by atoms with E-state index in [9.17, 15) is 4.79 Å². The Balaban J connectivity index is 0.00000280. The number of methoxy groups -OCH3 is 1. The second-order valence-corrected chi connectivity index (χ2v) is 6.62. The van der Waals surface area contributed by atoms with Crippen LogP contribution in [-0.4, -0.2) is 69.6 Å². The van der Waals surface area contributed by atoms with Crippen LogP contribution < -0.4 is 10.6 Å². The lowest BCUT2D eigenvalue weighted by molar-refractivity contribution is -0.0817. The Morgan fingerprint density at radius 1 is 1.25 bits per heavy atom. The summed E-state index contributed by atoms with van der Waals surface area (Å²) >= 11 is 0. The van der Waals surface area contributed by atoms with Crippen molar-refractivity contribution in [1.29, 1.82) is 0 Å². The summed E-state index contributed by atoms with van der Waals surface area (Å²) in [7, 11) is 3.14. The topological polar surface area (TPSA) is 84.4 Å². The van der Waals surface area contributed by atoms with Crippen LogP contribution in [0.1, 0.15) is 18.4 Å². The van der Waals surface area contributed by atoms with Crippen LogP contribution in [0.4, 0.5) is 10.5 Å². The quantitative estimate of drug-likeness (QED) is 0.373. The van der Waals surface area contributed by atoms with Crippen LogP contribution in [0.25, 0.3) is 0 Å². The molecule has 1 aromatic carbocycles. The van der Waals surface area contributed by atoms with Gasteiger partial charge >= 0.3 is 6.09 Å². The zero-order valence-electron chi connectivity index (χ0n) is 16.3. The van der Waals surface area contributed by atoms with Crippen molar-refractivity contribution < 1.29 is 19.0 Å². The van der Waals surface area contributed by atoms with E-state index < -0.39 is 6.09 Å². The van der Waals surface area contributed by atoms with Crippen molar-refractivity contribution in [1.82, 2.24) is 10.2 Å². The van der Waals surface area contributed by atoms with Gasteiger partial charge in [0, 0.05) is 39.0 Å². The molecule has 2 unspecified atom stereocenters. The number of aliphatic imine (C=N–C) groups is 1. The van der Waals surface area contributed by atoms with Crippen LogP contribution in [0.3, 0.4) is 0 Å². The summed E-state index contributed by atoms with van der Waals surface area (Å²) in [6.07, 6.45) is 1.99. The Bertz CT molecular complexity index is 650. The molecule has 28 heavy (non-hydrogen) atoms. The fourth-order valence-corrected chi connectivity index (χ4v) is 3.38. The molecule has 0 aromatic heterocycles. The minimum Gasteiger partial charge on any atom is -0.453 e. The van der Waals surface area contributed by atoms with Gasteiger partial charge in [0.2, 0.25) is 0 Å². The fourth-order valence-electron chi connectivity index (χ4n) is 3.38. The van der Waals surface area contributed by atoms with Crippen LogP contribution in [-0.2, 0) is 20.8 Å². The highest BCUT2D eigenvalue weighted by Crippen LogP contribution is 2.21. The number of halogens is 1. The summed E-state index contributed by atoms with van der Waals surface area (Å²) in [5.41, 5.74) is 1.79. The number of nitrogens with zero attached hydrogens (tertiary/aromatic N) is 2. The van der Waals surface area contributed by atoms with E-state index in [0.29, 0.717) is 18.8 Å². The number of rotatable bonds is 4. The third-order valence-electron chi connectivity index (χ3n) is 4.82. The second-order valence-electron chi connectivity index (χ2n) is 6.62. The number of nitrogens with one attached hydrogen (secondary N) is 2. The van der Waals surface area contributed by atoms with Crippen molar-refractivity contribution in [3.63, 3.8) is 0 Å². The number of ether oxygens (including phenoxy) is 3. The van der Waals surface area contributed by atoms with Crippen LogP contribution in [0.5, 0.6) is 0 Å². The molecule has 2 aliphatic rings. The highest BCUT2D eigenvalue weighted by molar-refractivity contribution is 14.0. The minimum atomic E-state index is -0.477. The first-order valence-corrected chi connectivity index (χ1v) is 9.32. The second kappa shape index (κ2) is 11.4. The van der Waals surface area contributed by atoms with E-state index >= 15 is 0 Å². The molecular formula is C19H29IN4O4. The number of benzene rings is 1. The molecule has 0 spiro atoms. The normalized spacial score (nSPS) is 22.4. The van der Waals surface area contributed by atoms with E-state index in [0.717, 1.165) is 44.1 Å². The van der Waals surface area contributed by atoms with Gasteiger partial charge < -0.3 is 24.4 Å². The summed E-state index contributed by atoms with van der Waals surface area (Å²) in [4.78, 5) is 17.9. The molecule has 8 nitrogen and oxygen atoms in total. The molecule has 3 rings (SSSR count). The highest BCUT2D eigenvalue weighted by atomic mass is 127. The van der Waals surface area contributed by atoms with Crippen molar-refractivity contribution in [3.8, 4) is 0 Å². The number of amides is 1. The first kappa shape index (κ1) is 22.7.